The summed E-state index contributed by atoms with van der Waals surface area (Å²) in [5.41, 5.74) is 4.29. The van der Waals surface area contributed by atoms with E-state index in [-0.39, 0.29) is 5.78 Å². The van der Waals surface area contributed by atoms with Crippen molar-refractivity contribution in [2.24, 2.45) is 0 Å². The monoisotopic (exact) mass is 330 g/mol. The van der Waals surface area contributed by atoms with Gasteiger partial charge >= 0.3 is 0 Å². The minimum absolute atomic E-state index is 0.267. The Bertz CT molecular complexity index is 859. The van der Waals surface area contributed by atoms with Crippen LogP contribution >= 0.6 is 0 Å². The van der Waals surface area contributed by atoms with Gasteiger partial charge in [0.05, 0.1) is 0 Å². The summed E-state index contributed by atoms with van der Waals surface area (Å²) in [6.07, 6.45) is 5.13. The molecule has 1 heteroatoms. The summed E-state index contributed by atoms with van der Waals surface area (Å²) in [5.74, 6) is 0.267. The molecule has 0 fully saturated rings. The molecule has 0 saturated carbocycles. The first-order valence-corrected chi connectivity index (χ1v) is 9.32. The van der Waals surface area contributed by atoms with Crippen LogP contribution in [0.25, 0.3) is 21.9 Å². The largest absolute Gasteiger partial charge is 0.294 e. The SMILES string of the molecule is CCCCCCC(=O)c1c(-c2ccc(C)cc2)ccc2ccccc12. The maximum absolute atomic E-state index is 13.1. The standard InChI is InChI=1S/C24H26O/c1-3-4-5-6-11-23(25)24-21-10-8-7-9-19(21)16-17-22(24)20-14-12-18(2)13-15-20/h7-10,12-17H,3-6,11H2,1-2H3. The fourth-order valence-electron chi connectivity index (χ4n) is 3.38. The van der Waals surface area contributed by atoms with Crippen molar-refractivity contribution in [3.63, 3.8) is 0 Å². The minimum Gasteiger partial charge on any atom is -0.294 e. The van der Waals surface area contributed by atoms with Gasteiger partial charge in [0.1, 0.15) is 0 Å². The van der Waals surface area contributed by atoms with E-state index in [4.69, 9.17) is 0 Å². The van der Waals surface area contributed by atoms with Gasteiger partial charge in [-0.05, 0) is 35.2 Å². The number of aryl methyl sites for hydroxylation is 1. The van der Waals surface area contributed by atoms with Gasteiger partial charge in [-0.3, -0.25) is 4.79 Å². The second-order valence-corrected chi connectivity index (χ2v) is 6.81. The van der Waals surface area contributed by atoms with E-state index in [0.29, 0.717) is 6.42 Å². The molecule has 0 aromatic heterocycles. The lowest BCUT2D eigenvalue weighted by Gasteiger charge is -2.13. The van der Waals surface area contributed by atoms with Crippen LogP contribution in [0.15, 0.2) is 60.7 Å². The second kappa shape index (κ2) is 8.11. The van der Waals surface area contributed by atoms with Gasteiger partial charge in [0.25, 0.3) is 0 Å². The first-order chi connectivity index (χ1) is 12.2. The Labute approximate surface area is 150 Å². The zero-order chi connectivity index (χ0) is 17.6. The Morgan fingerprint density at radius 2 is 1.60 bits per heavy atom. The molecule has 3 aromatic rings. The van der Waals surface area contributed by atoms with E-state index in [2.05, 4.69) is 62.4 Å². The number of rotatable bonds is 7. The molecule has 3 aromatic carbocycles. The Balaban J connectivity index is 2.04. The van der Waals surface area contributed by atoms with Crippen molar-refractivity contribution in [2.75, 3.05) is 0 Å². The number of ketones is 1. The summed E-state index contributed by atoms with van der Waals surface area (Å²) in [6, 6.07) is 20.9. The van der Waals surface area contributed by atoms with E-state index in [1.54, 1.807) is 0 Å². The zero-order valence-corrected chi connectivity index (χ0v) is 15.2. The van der Waals surface area contributed by atoms with E-state index < -0.39 is 0 Å². The Kier molecular flexibility index (Phi) is 5.65. The lowest BCUT2D eigenvalue weighted by Crippen LogP contribution is -2.03. The highest BCUT2D eigenvalue weighted by atomic mass is 16.1. The molecule has 0 spiro atoms. The van der Waals surface area contributed by atoms with E-state index in [0.717, 1.165) is 40.3 Å². The molecule has 1 nitrogen and oxygen atoms in total. The quantitative estimate of drug-likeness (QED) is 0.338. The number of hydrogen-bond acceptors (Lipinski definition) is 1. The van der Waals surface area contributed by atoms with Crippen LogP contribution in [0.1, 0.15) is 54.9 Å². The van der Waals surface area contributed by atoms with Crippen molar-refractivity contribution in [3.05, 3.63) is 71.8 Å². The second-order valence-electron chi connectivity index (χ2n) is 6.81. The molecular formula is C24H26O. The first kappa shape index (κ1) is 17.4. The number of fused-ring (bicyclic) bond motifs is 1. The topological polar surface area (TPSA) is 17.1 Å². The van der Waals surface area contributed by atoms with E-state index in [1.165, 1.54) is 18.4 Å². The molecule has 0 aliphatic heterocycles. The molecule has 0 aliphatic rings. The van der Waals surface area contributed by atoms with Crippen molar-refractivity contribution in [1.82, 2.24) is 0 Å². The van der Waals surface area contributed by atoms with Crippen LogP contribution < -0.4 is 0 Å². The highest BCUT2D eigenvalue weighted by molar-refractivity contribution is 6.13. The number of benzene rings is 3. The molecule has 0 heterocycles. The molecule has 0 bridgehead atoms. The van der Waals surface area contributed by atoms with Crippen LogP contribution in [0.2, 0.25) is 0 Å². The summed E-state index contributed by atoms with van der Waals surface area (Å²) in [4.78, 5) is 13.1. The molecule has 0 aliphatic carbocycles. The van der Waals surface area contributed by atoms with E-state index in [9.17, 15) is 4.79 Å². The number of Topliss-reactive ketones (excluding diaryl/α,β-unsaturated/α-hetero) is 1. The lowest BCUT2D eigenvalue weighted by atomic mass is 9.90. The fourth-order valence-corrected chi connectivity index (χ4v) is 3.38. The van der Waals surface area contributed by atoms with Gasteiger partial charge in [0.2, 0.25) is 0 Å². The molecule has 0 unspecified atom stereocenters. The number of carbonyl (C=O) groups is 1. The molecule has 0 amide bonds. The van der Waals surface area contributed by atoms with Gasteiger partial charge in [-0.1, -0.05) is 92.4 Å². The van der Waals surface area contributed by atoms with Crippen LogP contribution in [0.5, 0.6) is 0 Å². The molecule has 3 rings (SSSR count). The Morgan fingerprint density at radius 3 is 2.36 bits per heavy atom. The summed E-state index contributed by atoms with van der Waals surface area (Å²) < 4.78 is 0. The third-order valence-corrected chi connectivity index (χ3v) is 4.83. The maximum atomic E-state index is 13.1. The number of unbranched alkanes of at least 4 members (excludes halogenated alkanes) is 3. The van der Waals surface area contributed by atoms with Gasteiger partial charge in [-0.25, -0.2) is 0 Å². The van der Waals surface area contributed by atoms with Crippen LogP contribution in [0, 0.1) is 6.92 Å². The third kappa shape index (κ3) is 3.99. The predicted molar refractivity (Wildman–Crippen MR) is 107 cm³/mol. The highest BCUT2D eigenvalue weighted by Crippen LogP contribution is 2.32. The highest BCUT2D eigenvalue weighted by Gasteiger charge is 2.16. The first-order valence-electron chi connectivity index (χ1n) is 9.32. The Hall–Kier alpha value is -2.41. The summed E-state index contributed by atoms with van der Waals surface area (Å²) >= 11 is 0. The smallest absolute Gasteiger partial charge is 0.164 e. The van der Waals surface area contributed by atoms with E-state index in [1.807, 2.05) is 12.1 Å². The van der Waals surface area contributed by atoms with Crippen molar-refractivity contribution in [2.45, 2.75) is 46.0 Å². The molecule has 0 N–H and O–H groups in total. The molecule has 0 saturated heterocycles. The molecule has 0 radical (unpaired) electrons. The summed E-state index contributed by atoms with van der Waals surface area (Å²) in [7, 11) is 0. The van der Waals surface area contributed by atoms with Crippen molar-refractivity contribution < 1.29 is 4.79 Å². The molecular weight excluding hydrogens is 304 g/mol. The lowest BCUT2D eigenvalue weighted by molar-refractivity contribution is 0.0981. The van der Waals surface area contributed by atoms with Gasteiger partial charge in [0, 0.05) is 12.0 Å². The van der Waals surface area contributed by atoms with Gasteiger partial charge in [-0.2, -0.15) is 0 Å². The van der Waals surface area contributed by atoms with Crippen LogP contribution in [0.4, 0.5) is 0 Å². The van der Waals surface area contributed by atoms with E-state index >= 15 is 0 Å². The predicted octanol–water partition coefficient (Wildman–Crippen LogP) is 6.97. The van der Waals surface area contributed by atoms with Gasteiger partial charge in [0.15, 0.2) is 5.78 Å². The van der Waals surface area contributed by atoms with Crippen LogP contribution in [-0.2, 0) is 0 Å². The van der Waals surface area contributed by atoms with Gasteiger partial charge in [-0.15, -0.1) is 0 Å². The average molecular weight is 330 g/mol. The fraction of sp³-hybridized carbons (Fsp3) is 0.292. The molecule has 0 atom stereocenters. The van der Waals surface area contributed by atoms with Crippen LogP contribution in [0.3, 0.4) is 0 Å². The third-order valence-electron chi connectivity index (χ3n) is 4.83. The summed E-state index contributed by atoms with van der Waals surface area (Å²) in [5, 5.41) is 2.20. The van der Waals surface area contributed by atoms with Crippen molar-refractivity contribution in [3.8, 4) is 11.1 Å². The normalized spacial score (nSPS) is 11.0. The summed E-state index contributed by atoms with van der Waals surface area (Å²) in [6.45, 7) is 4.28. The number of carbonyl (C=O) groups excluding carboxylic acids is 1. The average Bonchev–Trinajstić information content (AvgIpc) is 2.65. The van der Waals surface area contributed by atoms with Crippen molar-refractivity contribution >= 4 is 16.6 Å². The minimum atomic E-state index is 0.267. The van der Waals surface area contributed by atoms with Crippen molar-refractivity contribution in [1.29, 1.82) is 0 Å². The van der Waals surface area contributed by atoms with Gasteiger partial charge < -0.3 is 0 Å². The van der Waals surface area contributed by atoms with Crippen LogP contribution in [-0.4, -0.2) is 5.78 Å². The molecule has 25 heavy (non-hydrogen) atoms. The zero-order valence-electron chi connectivity index (χ0n) is 15.2. The maximum Gasteiger partial charge on any atom is 0.164 e. The Morgan fingerprint density at radius 1 is 0.840 bits per heavy atom. The molecule has 128 valence electrons. The number of hydrogen-bond donors (Lipinski definition) is 0.